The molecule has 0 radical (unpaired) electrons. The molecule has 0 saturated carbocycles. The van der Waals surface area contributed by atoms with Gasteiger partial charge in [-0.2, -0.15) is 0 Å². The minimum absolute atomic E-state index is 0.215. The molecular weight excluding hydrogens is 248 g/mol. The van der Waals surface area contributed by atoms with Crippen molar-refractivity contribution in [2.24, 2.45) is 11.8 Å². The monoisotopic (exact) mass is 280 g/mol. The van der Waals surface area contributed by atoms with E-state index in [2.05, 4.69) is 36.6 Å². The second-order valence-corrected chi connectivity index (χ2v) is 7.06. The molecule has 3 heteroatoms. The van der Waals surface area contributed by atoms with Crippen molar-refractivity contribution in [2.45, 2.75) is 52.7 Å². The van der Waals surface area contributed by atoms with Crippen LogP contribution in [0.5, 0.6) is 0 Å². The smallest absolute Gasteiger partial charge is 0.0639 e. The maximum atomic E-state index is 9.56. The molecule has 1 heterocycles. The van der Waals surface area contributed by atoms with Gasteiger partial charge in [-0.05, 0) is 45.4 Å². The number of β-amino-alcohol motifs (C(OH)–C–C–N with tert-alkyl or cyclic N) is 1. The van der Waals surface area contributed by atoms with Crippen molar-refractivity contribution in [1.82, 2.24) is 9.80 Å². The molecule has 0 aromatic rings. The molecule has 1 N–H and O–H groups in total. The SMILES string of the molecule is CC1=CCC[C@H](C)[C@@H]1CN1CCN(C[C@@H](C)O)[C@@H](C)C1. The number of nitrogens with zero attached hydrogens (tertiary/aromatic N) is 2. The molecule has 2 rings (SSSR count). The summed E-state index contributed by atoms with van der Waals surface area (Å²) in [6.07, 6.45) is 4.84. The van der Waals surface area contributed by atoms with Crippen LogP contribution in [0.25, 0.3) is 0 Å². The van der Waals surface area contributed by atoms with Gasteiger partial charge < -0.3 is 5.11 Å². The zero-order valence-corrected chi connectivity index (χ0v) is 13.7. The van der Waals surface area contributed by atoms with Crippen LogP contribution in [-0.2, 0) is 0 Å². The lowest BCUT2D eigenvalue weighted by Gasteiger charge is -2.43. The molecule has 4 atom stereocenters. The van der Waals surface area contributed by atoms with Crippen LogP contribution in [0.1, 0.15) is 40.5 Å². The molecule has 0 aromatic heterocycles. The molecule has 1 aliphatic carbocycles. The van der Waals surface area contributed by atoms with E-state index in [0.29, 0.717) is 6.04 Å². The van der Waals surface area contributed by atoms with Crippen LogP contribution < -0.4 is 0 Å². The summed E-state index contributed by atoms with van der Waals surface area (Å²) in [5.74, 6) is 1.57. The number of hydrogen-bond donors (Lipinski definition) is 1. The summed E-state index contributed by atoms with van der Waals surface area (Å²) in [5, 5.41) is 9.56. The summed E-state index contributed by atoms with van der Waals surface area (Å²) in [6, 6.07) is 0.557. The fourth-order valence-electron chi connectivity index (χ4n) is 3.82. The Morgan fingerprint density at radius 1 is 1.35 bits per heavy atom. The Morgan fingerprint density at radius 3 is 2.70 bits per heavy atom. The molecule has 2 aliphatic rings. The molecule has 20 heavy (non-hydrogen) atoms. The van der Waals surface area contributed by atoms with Crippen LogP contribution in [0.15, 0.2) is 11.6 Å². The van der Waals surface area contributed by atoms with Gasteiger partial charge in [0, 0.05) is 38.8 Å². The first-order valence-electron chi connectivity index (χ1n) is 8.28. The van der Waals surface area contributed by atoms with Gasteiger partial charge >= 0.3 is 0 Å². The van der Waals surface area contributed by atoms with Crippen molar-refractivity contribution in [3.8, 4) is 0 Å². The van der Waals surface area contributed by atoms with Crippen molar-refractivity contribution in [2.75, 3.05) is 32.7 Å². The van der Waals surface area contributed by atoms with Crippen LogP contribution in [0, 0.1) is 11.8 Å². The Morgan fingerprint density at radius 2 is 2.10 bits per heavy atom. The molecular formula is C17H32N2O. The number of rotatable bonds is 4. The fourth-order valence-corrected chi connectivity index (χ4v) is 3.82. The third-order valence-corrected chi connectivity index (χ3v) is 5.16. The zero-order chi connectivity index (χ0) is 14.7. The normalized spacial score (nSPS) is 34.9. The molecule has 0 bridgehead atoms. The Bertz CT molecular complexity index is 340. The maximum absolute atomic E-state index is 9.56. The highest BCUT2D eigenvalue weighted by Gasteiger charge is 2.29. The molecule has 0 unspecified atom stereocenters. The second kappa shape index (κ2) is 7.06. The maximum Gasteiger partial charge on any atom is 0.0639 e. The number of allylic oxidation sites excluding steroid dienone is 1. The van der Waals surface area contributed by atoms with Gasteiger partial charge in [0.15, 0.2) is 0 Å². The highest BCUT2D eigenvalue weighted by atomic mass is 16.3. The average molecular weight is 280 g/mol. The second-order valence-electron chi connectivity index (χ2n) is 7.06. The van der Waals surface area contributed by atoms with E-state index < -0.39 is 0 Å². The highest BCUT2D eigenvalue weighted by molar-refractivity contribution is 5.09. The lowest BCUT2D eigenvalue weighted by molar-refractivity contribution is 0.0376. The average Bonchev–Trinajstić information content (AvgIpc) is 2.37. The van der Waals surface area contributed by atoms with Gasteiger partial charge in [-0.25, -0.2) is 0 Å². The predicted molar refractivity (Wildman–Crippen MR) is 84.8 cm³/mol. The summed E-state index contributed by atoms with van der Waals surface area (Å²) in [6.45, 7) is 14.3. The number of aliphatic hydroxyl groups is 1. The summed E-state index contributed by atoms with van der Waals surface area (Å²) < 4.78 is 0. The topological polar surface area (TPSA) is 26.7 Å². The Balaban J connectivity index is 1.86. The lowest BCUT2D eigenvalue weighted by Crippen LogP contribution is -2.54. The van der Waals surface area contributed by atoms with E-state index in [0.717, 1.165) is 38.0 Å². The van der Waals surface area contributed by atoms with E-state index >= 15 is 0 Å². The third kappa shape index (κ3) is 4.06. The Kier molecular flexibility index (Phi) is 5.65. The summed E-state index contributed by atoms with van der Waals surface area (Å²) in [5.41, 5.74) is 1.60. The van der Waals surface area contributed by atoms with E-state index in [4.69, 9.17) is 0 Å². The van der Waals surface area contributed by atoms with Crippen molar-refractivity contribution < 1.29 is 5.11 Å². The van der Waals surface area contributed by atoms with Gasteiger partial charge in [-0.1, -0.05) is 18.6 Å². The van der Waals surface area contributed by atoms with Gasteiger partial charge in [-0.15, -0.1) is 0 Å². The van der Waals surface area contributed by atoms with Crippen LogP contribution in [0.3, 0.4) is 0 Å². The summed E-state index contributed by atoms with van der Waals surface area (Å²) in [4.78, 5) is 5.06. The van der Waals surface area contributed by atoms with Crippen LogP contribution >= 0.6 is 0 Å². The first-order chi connectivity index (χ1) is 9.47. The predicted octanol–water partition coefficient (Wildman–Crippen LogP) is 2.37. The lowest BCUT2D eigenvalue weighted by atomic mass is 9.79. The number of hydrogen-bond acceptors (Lipinski definition) is 3. The van der Waals surface area contributed by atoms with Gasteiger partial charge in [0.05, 0.1) is 6.10 Å². The summed E-state index contributed by atoms with van der Waals surface area (Å²) in [7, 11) is 0. The molecule has 1 aliphatic heterocycles. The van der Waals surface area contributed by atoms with Crippen molar-refractivity contribution in [3.63, 3.8) is 0 Å². The van der Waals surface area contributed by atoms with E-state index in [1.54, 1.807) is 5.57 Å². The van der Waals surface area contributed by atoms with Crippen LogP contribution in [0.4, 0.5) is 0 Å². The minimum atomic E-state index is -0.215. The van der Waals surface area contributed by atoms with E-state index in [9.17, 15) is 5.11 Å². The molecule has 1 fully saturated rings. The van der Waals surface area contributed by atoms with Gasteiger partial charge in [0.2, 0.25) is 0 Å². The van der Waals surface area contributed by atoms with E-state index in [1.807, 2.05) is 6.92 Å². The van der Waals surface area contributed by atoms with Crippen molar-refractivity contribution in [3.05, 3.63) is 11.6 Å². The van der Waals surface area contributed by atoms with Crippen LogP contribution in [0.2, 0.25) is 0 Å². The van der Waals surface area contributed by atoms with E-state index in [-0.39, 0.29) is 6.10 Å². The zero-order valence-electron chi connectivity index (χ0n) is 13.7. The van der Waals surface area contributed by atoms with Gasteiger partial charge in [0.1, 0.15) is 0 Å². The summed E-state index contributed by atoms with van der Waals surface area (Å²) >= 11 is 0. The largest absolute Gasteiger partial charge is 0.392 e. The fraction of sp³-hybridized carbons (Fsp3) is 0.882. The van der Waals surface area contributed by atoms with Crippen molar-refractivity contribution in [1.29, 1.82) is 0 Å². The third-order valence-electron chi connectivity index (χ3n) is 5.16. The quantitative estimate of drug-likeness (QED) is 0.801. The van der Waals surface area contributed by atoms with Gasteiger partial charge in [-0.3, -0.25) is 9.80 Å². The Hall–Kier alpha value is -0.380. The molecule has 116 valence electrons. The minimum Gasteiger partial charge on any atom is -0.392 e. The molecule has 0 aromatic carbocycles. The molecule has 0 spiro atoms. The highest BCUT2D eigenvalue weighted by Crippen LogP contribution is 2.31. The van der Waals surface area contributed by atoms with Crippen molar-refractivity contribution >= 4 is 0 Å². The first-order valence-corrected chi connectivity index (χ1v) is 8.28. The first kappa shape index (κ1) is 16.0. The molecule has 3 nitrogen and oxygen atoms in total. The Labute approximate surface area is 124 Å². The standard InChI is InChI=1S/C17H32N2O/c1-13-6-5-7-14(2)17(13)12-18-8-9-19(11-16(4)20)15(3)10-18/h6,14-17,20H,5,7-12H2,1-4H3/t14-,15-,16+,17+/m0/s1. The van der Waals surface area contributed by atoms with E-state index in [1.165, 1.54) is 19.4 Å². The van der Waals surface area contributed by atoms with Gasteiger partial charge in [0.25, 0.3) is 0 Å². The number of piperazine rings is 1. The molecule has 1 saturated heterocycles. The number of aliphatic hydroxyl groups excluding tert-OH is 1. The van der Waals surface area contributed by atoms with Crippen LogP contribution in [-0.4, -0.2) is 59.8 Å². The molecule has 0 amide bonds.